The number of fused-ring (bicyclic) bond motifs is 1. The van der Waals surface area contributed by atoms with Crippen molar-refractivity contribution in [3.8, 4) is 5.75 Å². The Morgan fingerprint density at radius 3 is 2.39 bits per heavy atom. The molecule has 1 fully saturated rings. The van der Waals surface area contributed by atoms with Crippen molar-refractivity contribution in [1.82, 2.24) is 4.90 Å². The fraction of sp³-hybridized carbons (Fsp3) is 0.222. The third-order valence-electron chi connectivity index (χ3n) is 5.79. The maximum Gasteiger partial charge on any atom is 0.308 e. The number of hydrogen-bond acceptors (Lipinski definition) is 5. The minimum absolute atomic E-state index is 0.0627. The van der Waals surface area contributed by atoms with Crippen LogP contribution in [-0.4, -0.2) is 34.2 Å². The molecule has 3 aromatic rings. The minimum atomic E-state index is -0.734. The first kappa shape index (κ1) is 22.3. The van der Waals surface area contributed by atoms with Gasteiger partial charge in [-0.25, -0.2) is 0 Å². The molecule has 1 aliphatic heterocycles. The monoisotopic (exact) mass is 443 g/mol. The topological polar surface area (TPSA) is 83.9 Å². The van der Waals surface area contributed by atoms with E-state index in [1.54, 1.807) is 30.3 Å². The van der Waals surface area contributed by atoms with Crippen molar-refractivity contribution < 1.29 is 24.2 Å². The lowest BCUT2D eigenvalue weighted by molar-refractivity contribution is -0.139. The van der Waals surface area contributed by atoms with Crippen LogP contribution in [-0.2, 0) is 14.4 Å². The van der Waals surface area contributed by atoms with Gasteiger partial charge in [-0.1, -0.05) is 67.9 Å². The molecule has 0 spiro atoms. The van der Waals surface area contributed by atoms with E-state index in [2.05, 4.69) is 0 Å². The molecule has 3 aromatic carbocycles. The molecule has 33 heavy (non-hydrogen) atoms. The molecule has 1 N–H and O–H groups in total. The summed E-state index contributed by atoms with van der Waals surface area (Å²) in [6, 6.07) is 19.0. The summed E-state index contributed by atoms with van der Waals surface area (Å²) < 4.78 is 5.11. The SMILES string of the molecule is CCCCN1C(=O)C(=O)/C(=C(\O)c2cccc3ccccc23)C1c1ccc(OC(C)=O)cc1. The predicted molar refractivity (Wildman–Crippen MR) is 126 cm³/mol. The highest BCUT2D eigenvalue weighted by Crippen LogP contribution is 2.41. The Bertz CT molecular complexity index is 1250. The number of aliphatic hydroxyl groups excluding tert-OH is 1. The van der Waals surface area contributed by atoms with E-state index in [0.29, 0.717) is 23.4 Å². The number of ether oxygens (including phenoxy) is 1. The van der Waals surface area contributed by atoms with Crippen molar-refractivity contribution in [3.05, 3.63) is 83.4 Å². The summed E-state index contributed by atoms with van der Waals surface area (Å²) in [4.78, 5) is 38.9. The van der Waals surface area contributed by atoms with Gasteiger partial charge in [0, 0.05) is 19.0 Å². The van der Waals surface area contributed by atoms with E-state index in [1.165, 1.54) is 11.8 Å². The molecule has 1 atom stereocenters. The standard InChI is InChI=1S/C27H25NO5/c1-3-4-16-28-24(19-12-14-20(15-13-19)33-17(2)29)23(26(31)27(28)32)25(30)22-11-7-9-18-8-5-6-10-21(18)22/h5-15,24,30H,3-4,16H2,1-2H3/b25-23-. The molecule has 1 heterocycles. The number of amides is 1. The van der Waals surface area contributed by atoms with Crippen LogP contribution in [0, 0.1) is 0 Å². The Labute approximate surface area is 192 Å². The predicted octanol–water partition coefficient (Wildman–Crippen LogP) is 4.99. The maximum absolute atomic E-state index is 13.1. The number of carbonyl (C=O) groups is 3. The summed E-state index contributed by atoms with van der Waals surface area (Å²) in [7, 11) is 0. The van der Waals surface area contributed by atoms with Crippen LogP contribution in [0.1, 0.15) is 43.9 Å². The van der Waals surface area contributed by atoms with Crippen molar-refractivity contribution in [3.63, 3.8) is 0 Å². The molecule has 6 nitrogen and oxygen atoms in total. The summed E-state index contributed by atoms with van der Waals surface area (Å²) >= 11 is 0. The Balaban J connectivity index is 1.87. The molecule has 1 aliphatic rings. The number of hydrogen-bond donors (Lipinski definition) is 1. The number of carbonyl (C=O) groups excluding carboxylic acids is 3. The molecule has 4 rings (SSSR count). The minimum Gasteiger partial charge on any atom is -0.507 e. The van der Waals surface area contributed by atoms with Gasteiger partial charge in [-0.2, -0.15) is 0 Å². The summed E-state index contributed by atoms with van der Waals surface area (Å²) in [6.07, 6.45) is 1.58. The van der Waals surface area contributed by atoms with Gasteiger partial charge in [-0.3, -0.25) is 14.4 Å². The Kier molecular flexibility index (Phi) is 6.27. The third-order valence-corrected chi connectivity index (χ3v) is 5.79. The normalized spacial score (nSPS) is 17.5. The summed E-state index contributed by atoms with van der Waals surface area (Å²) in [6.45, 7) is 3.72. The number of esters is 1. The van der Waals surface area contributed by atoms with E-state index in [4.69, 9.17) is 4.74 Å². The van der Waals surface area contributed by atoms with E-state index >= 15 is 0 Å². The Morgan fingerprint density at radius 2 is 1.70 bits per heavy atom. The average Bonchev–Trinajstić information content (AvgIpc) is 3.07. The zero-order valence-electron chi connectivity index (χ0n) is 18.6. The lowest BCUT2D eigenvalue weighted by Gasteiger charge is -2.25. The van der Waals surface area contributed by atoms with Crippen molar-refractivity contribution in [2.24, 2.45) is 0 Å². The van der Waals surface area contributed by atoms with Crippen LogP contribution in [0.4, 0.5) is 0 Å². The van der Waals surface area contributed by atoms with Gasteiger partial charge in [-0.05, 0) is 34.9 Å². The number of rotatable bonds is 6. The van der Waals surface area contributed by atoms with Crippen LogP contribution in [0.25, 0.3) is 16.5 Å². The van der Waals surface area contributed by atoms with Gasteiger partial charge in [0.25, 0.3) is 11.7 Å². The van der Waals surface area contributed by atoms with Crippen molar-refractivity contribution in [2.45, 2.75) is 32.7 Å². The lowest BCUT2D eigenvalue weighted by atomic mass is 9.93. The van der Waals surface area contributed by atoms with Gasteiger partial charge in [-0.15, -0.1) is 0 Å². The molecule has 1 amide bonds. The van der Waals surface area contributed by atoms with E-state index in [-0.39, 0.29) is 11.3 Å². The van der Waals surface area contributed by atoms with Crippen LogP contribution in [0.5, 0.6) is 5.75 Å². The molecule has 0 saturated carbocycles. The smallest absolute Gasteiger partial charge is 0.308 e. The van der Waals surface area contributed by atoms with Gasteiger partial charge in [0.1, 0.15) is 11.5 Å². The van der Waals surface area contributed by atoms with E-state index in [0.717, 1.165) is 23.6 Å². The average molecular weight is 443 g/mol. The van der Waals surface area contributed by atoms with E-state index in [9.17, 15) is 19.5 Å². The summed E-state index contributed by atoms with van der Waals surface area (Å²) in [5.41, 5.74) is 1.22. The molecule has 6 heteroatoms. The largest absolute Gasteiger partial charge is 0.507 e. The first-order valence-electron chi connectivity index (χ1n) is 11.0. The van der Waals surface area contributed by atoms with E-state index in [1.807, 2.05) is 43.3 Å². The first-order chi connectivity index (χ1) is 15.9. The molecule has 0 bridgehead atoms. The van der Waals surface area contributed by atoms with Gasteiger partial charge in [0.05, 0.1) is 11.6 Å². The number of ketones is 1. The fourth-order valence-electron chi connectivity index (χ4n) is 4.25. The highest BCUT2D eigenvalue weighted by molar-refractivity contribution is 6.46. The second-order valence-corrected chi connectivity index (χ2v) is 8.04. The van der Waals surface area contributed by atoms with Crippen molar-refractivity contribution in [1.29, 1.82) is 0 Å². The zero-order valence-corrected chi connectivity index (χ0v) is 18.6. The highest BCUT2D eigenvalue weighted by Gasteiger charge is 2.45. The summed E-state index contributed by atoms with van der Waals surface area (Å²) in [5, 5.41) is 13.1. The molecule has 168 valence electrons. The molecule has 1 unspecified atom stereocenters. The quantitative estimate of drug-likeness (QED) is 0.191. The molecule has 0 aromatic heterocycles. The van der Waals surface area contributed by atoms with Crippen LogP contribution in [0.3, 0.4) is 0 Å². The number of unbranched alkanes of at least 4 members (excludes halogenated alkanes) is 1. The van der Waals surface area contributed by atoms with Gasteiger partial charge < -0.3 is 14.7 Å². The molecule has 0 aliphatic carbocycles. The Hall–Kier alpha value is -3.93. The molecular weight excluding hydrogens is 418 g/mol. The van der Waals surface area contributed by atoms with Crippen LogP contribution < -0.4 is 4.74 Å². The summed E-state index contributed by atoms with van der Waals surface area (Å²) in [5.74, 6) is -1.60. The van der Waals surface area contributed by atoms with Gasteiger partial charge in [0.2, 0.25) is 0 Å². The number of Topliss-reactive ketones (excluding diaryl/α,β-unsaturated/α-hetero) is 1. The van der Waals surface area contributed by atoms with Crippen molar-refractivity contribution >= 4 is 34.2 Å². The fourth-order valence-corrected chi connectivity index (χ4v) is 4.25. The molecule has 0 radical (unpaired) electrons. The molecular formula is C27H25NO5. The maximum atomic E-state index is 13.1. The van der Waals surface area contributed by atoms with Crippen molar-refractivity contribution in [2.75, 3.05) is 6.54 Å². The second kappa shape index (κ2) is 9.28. The Morgan fingerprint density at radius 1 is 1.00 bits per heavy atom. The highest BCUT2D eigenvalue weighted by atomic mass is 16.5. The second-order valence-electron chi connectivity index (χ2n) is 8.04. The molecule has 1 saturated heterocycles. The number of aliphatic hydroxyl groups is 1. The zero-order chi connectivity index (χ0) is 23.5. The number of nitrogens with zero attached hydrogens (tertiary/aromatic N) is 1. The van der Waals surface area contributed by atoms with Crippen LogP contribution in [0.15, 0.2) is 72.3 Å². The van der Waals surface area contributed by atoms with E-state index < -0.39 is 23.7 Å². The van der Waals surface area contributed by atoms with Crippen LogP contribution >= 0.6 is 0 Å². The lowest BCUT2D eigenvalue weighted by Crippen LogP contribution is -2.30. The number of likely N-dealkylation sites (tertiary alicyclic amines) is 1. The van der Waals surface area contributed by atoms with Gasteiger partial charge >= 0.3 is 5.97 Å². The number of benzene rings is 3. The third kappa shape index (κ3) is 4.24. The van der Waals surface area contributed by atoms with Gasteiger partial charge in [0.15, 0.2) is 0 Å². The first-order valence-corrected chi connectivity index (χ1v) is 11.0. The van der Waals surface area contributed by atoms with Crippen LogP contribution in [0.2, 0.25) is 0 Å².